The van der Waals surface area contributed by atoms with Gasteiger partial charge >= 0.3 is 5.97 Å². The minimum atomic E-state index is -0.674. The number of rotatable bonds is 4. The van der Waals surface area contributed by atoms with Gasteiger partial charge in [-0.05, 0) is 19.9 Å². The van der Waals surface area contributed by atoms with Crippen LogP contribution in [0.1, 0.15) is 13.3 Å². The summed E-state index contributed by atoms with van der Waals surface area (Å²) in [5, 5.41) is 8.87. The van der Waals surface area contributed by atoms with E-state index in [4.69, 9.17) is 9.84 Å². The smallest absolute Gasteiger partial charge is 0.308 e. The van der Waals surface area contributed by atoms with E-state index in [1.165, 1.54) is 0 Å². The number of ether oxygens (including phenoxy) is 1. The molecule has 1 aliphatic heterocycles. The first-order chi connectivity index (χ1) is 6.16. The largest absolute Gasteiger partial charge is 0.481 e. The molecule has 0 spiro atoms. The van der Waals surface area contributed by atoms with Crippen LogP contribution in [-0.4, -0.2) is 48.8 Å². The van der Waals surface area contributed by atoms with Gasteiger partial charge in [0.1, 0.15) is 0 Å². The van der Waals surface area contributed by atoms with Crippen molar-refractivity contribution in [3.05, 3.63) is 0 Å². The van der Waals surface area contributed by atoms with Gasteiger partial charge in [0.05, 0.1) is 12.5 Å². The van der Waals surface area contributed by atoms with Gasteiger partial charge in [0.2, 0.25) is 0 Å². The van der Waals surface area contributed by atoms with Crippen LogP contribution in [0.5, 0.6) is 0 Å². The molecule has 0 aromatic heterocycles. The van der Waals surface area contributed by atoms with E-state index in [0.717, 1.165) is 19.5 Å². The molecular formula is C9H17NO3. The third-order valence-corrected chi connectivity index (χ3v) is 2.79. The zero-order valence-corrected chi connectivity index (χ0v) is 8.19. The lowest BCUT2D eigenvalue weighted by atomic mass is 10.0. The molecule has 1 rings (SSSR count). The number of carboxylic acid groups (broad SMARTS) is 1. The maximum atomic E-state index is 10.8. The monoisotopic (exact) mass is 187 g/mol. The number of likely N-dealkylation sites (tertiary alicyclic amines) is 1. The van der Waals surface area contributed by atoms with Crippen LogP contribution in [0.25, 0.3) is 0 Å². The van der Waals surface area contributed by atoms with Crippen molar-refractivity contribution in [2.45, 2.75) is 19.4 Å². The van der Waals surface area contributed by atoms with Crippen LogP contribution >= 0.6 is 0 Å². The van der Waals surface area contributed by atoms with E-state index in [1.807, 2.05) is 6.92 Å². The molecular weight excluding hydrogens is 170 g/mol. The van der Waals surface area contributed by atoms with Crippen molar-refractivity contribution in [1.29, 1.82) is 0 Å². The molecule has 76 valence electrons. The molecule has 4 heteroatoms. The Hall–Kier alpha value is -0.610. The Bertz CT molecular complexity index is 184. The first-order valence-electron chi connectivity index (χ1n) is 4.62. The Labute approximate surface area is 78.5 Å². The normalized spacial score (nSPS) is 29.4. The Kier molecular flexibility index (Phi) is 3.69. The summed E-state index contributed by atoms with van der Waals surface area (Å²) >= 11 is 0. The average Bonchev–Trinajstić information content (AvgIpc) is 2.43. The molecule has 4 nitrogen and oxygen atoms in total. The van der Waals surface area contributed by atoms with Crippen molar-refractivity contribution in [3.63, 3.8) is 0 Å². The highest BCUT2D eigenvalue weighted by Crippen LogP contribution is 2.23. The first kappa shape index (κ1) is 10.5. The molecule has 2 unspecified atom stereocenters. The van der Waals surface area contributed by atoms with E-state index in [2.05, 4.69) is 4.90 Å². The Morgan fingerprint density at radius 3 is 2.85 bits per heavy atom. The molecule has 1 heterocycles. The molecule has 1 saturated heterocycles. The van der Waals surface area contributed by atoms with E-state index < -0.39 is 5.97 Å². The lowest BCUT2D eigenvalue weighted by Gasteiger charge is -2.22. The molecule has 0 bridgehead atoms. The standard InChI is InChI=1S/C9H17NO3/c1-7-8(9(11)12)3-4-10(7)5-6-13-2/h7-8H,3-6H2,1-2H3,(H,11,12). The fourth-order valence-electron chi connectivity index (χ4n) is 1.86. The molecule has 0 radical (unpaired) electrons. The van der Waals surface area contributed by atoms with Crippen molar-refractivity contribution < 1.29 is 14.6 Å². The lowest BCUT2D eigenvalue weighted by molar-refractivity contribution is -0.142. The maximum absolute atomic E-state index is 10.8. The highest BCUT2D eigenvalue weighted by atomic mass is 16.5. The third kappa shape index (κ3) is 2.42. The van der Waals surface area contributed by atoms with E-state index in [1.54, 1.807) is 7.11 Å². The SMILES string of the molecule is COCCN1CCC(C(=O)O)C1C. The van der Waals surface area contributed by atoms with Gasteiger partial charge in [-0.25, -0.2) is 0 Å². The van der Waals surface area contributed by atoms with E-state index in [0.29, 0.717) is 6.61 Å². The number of nitrogens with zero attached hydrogens (tertiary/aromatic N) is 1. The average molecular weight is 187 g/mol. The third-order valence-electron chi connectivity index (χ3n) is 2.79. The maximum Gasteiger partial charge on any atom is 0.308 e. The van der Waals surface area contributed by atoms with Crippen LogP contribution in [0.15, 0.2) is 0 Å². The quantitative estimate of drug-likeness (QED) is 0.693. The van der Waals surface area contributed by atoms with E-state index in [9.17, 15) is 4.79 Å². The van der Waals surface area contributed by atoms with Gasteiger partial charge in [0.15, 0.2) is 0 Å². The predicted octanol–water partition coefficient (Wildman–Crippen LogP) is 0.428. The highest BCUT2D eigenvalue weighted by molar-refractivity contribution is 5.71. The van der Waals surface area contributed by atoms with E-state index >= 15 is 0 Å². The van der Waals surface area contributed by atoms with Gasteiger partial charge in [-0.3, -0.25) is 9.69 Å². The van der Waals surface area contributed by atoms with Crippen molar-refractivity contribution in [2.24, 2.45) is 5.92 Å². The summed E-state index contributed by atoms with van der Waals surface area (Å²) in [6.07, 6.45) is 0.764. The fourth-order valence-corrected chi connectivity index (χ4v) is 1.86. The van der Waals surface area contributed by atoms with Gasteiger partial charge < -0.3 is 9.84 Å². The van der Waals surface area contributed by atoms with E-state index in [-0.39, 0.29) is 12.0 Å². The van der Waals surface area contributed by atoms with Gasteiger partial charge in [0, 0.05) is 19.7 Å². The van der Waals surface area contributed by atoms with Crippen molar-refractivity contribution >= 4 is 5.97 Å². The zero-order chi connectivity index (χ0) is 9.84. The Morgan fingerprint density at radius 2 is 2.38 bits per heavy atom. The summed E-state index contributed by atoms with van der Waals surface area (Å²) in [7, 11) is 1.66. The van der Waals surface area contributed by atoms with Crippen LogP contribution in [0.2, 0.25) is 0 Å². The molecule has 1 aliphatic rings. The molecule has 1 N–H and O–H groups in total. The zero-order valence-electron chi connectivity index (χ0n) is 8.19. The summed E-state index contributed by atoms with van der Waals surface area (Å²) in [6.45, 7) is 4.36. The number of methoxy groups -OCH3 is 1. The van der Waals surface area contributed by atoms with Crippen LogP contribution < -0.4 is 0 Å². The second kappa shape index (κ2) is 4.58. The predicted molar refractivity (Wildman–Crippen MR) is 48.7 cm³/mol. The molecule has 0 amide bonds. The molecule has 0 aliphatic carbocycles. The Morgan fingerprint density at radius 1 is 1.69 bits per heavy atom. The Balaban J connectivity index is 2.40. The molecule has 0 aromatic rings. The molecule has 2 atom stereocenters. The van der Waals surface area contributed by atoms with Gasteiger partial charge in [-0.2, -0.15) is 0 Å². The van der Waals surface area contributed by atoms with Crippen LogP contribution in [0.4, 0.5) is 0 Å². The number of hydrogen-bond acceptors (Lipinski definition) is 3. The molecule has 1 fully saturated rings. The first-order valence-corrected chi connectivity index (χ1v) is 4.62. The lowest BCUT2D eigenvalue weighted by Crippen LogP contribution is -2.35. The fraction of sp³-hybridized carbons (Fsp3) is 0.889. The number of hydrogen-bond donors (Lipinski definition) is 1. The second-order valence-electron chi connectivity index (χ2n) is 3.50. The van der Waals surface area contributed by atoms with Crippen LogP contribution in [0, 0.1) is 5.92 Å². The van der Waals surface area contributed by atoms with Crippen molar-refractivity contribution in [1.82, 2.24) is 4.90 Å². The van der Waals surface area contributed by atoms with Gasteiger partial charge in [-0.1, -0.05) is 0 Å². The van der Waals surface area contributed by atoms with Gasteiger partial charge in [-0.15, -0.1) is 0 Å². The second-order valence-corrected chi connectivity index (χ2v) is 3.50. The number of carboxylic acids is 1. The van der Waals surface area contributed by atoms with Crippen LogP contribution in [-0.2, 0) is 9.53 Å². The van der Waals surface area contributed by atoms with Gasteiger partial charge in [0.25, 0.3) is 0 Å². The summed E-state index contributed by atoms with van der Waals surface area (Å²) in [4.78, 5) is 12.9. The van der Waals surface area contributed by atoms with Crippen molar-refractivity contribution in [2.75, 3.05) is 26.8 Å². The minimum Gasteiger partial charge on any atom is -0.481 e. The summed E-state index contributed by atoms with van der Waals surface area (Å²) < 4.78 is 4.96. The highest BCUT2D eigenvalue weighted by Gasteiger charge is 2.34. The number of carbonyl (C=O) groups is 1. The summed E-state index contributed by atoms with van der Waals surface area (Å²) in [5.74, 6) is -0.871. The minimum absolute atomic E-state index is 0.146. The summed E-state index contributed by atoms with van der Waals surface area (Å²) in [5.41, 5.74) is 0. The van der Waals surface area contributed by atoms with Crippen LogP contribution in [0.3, 0.4) is 0 Å². The topological polar surface area (TPSA) is 49.8 Å². The summed E-state index contributed by atoms with van der Waals surface area (Å²) in [6, 6.07) is 0.146. The molecule has 0 saturated carbocycles. The number of aliphatic carboxylic acids is 1. The van der Waals surface area contributed by atoms with Crippen molar-refractivity contribution in [3.8, 4) is 0 Å². The molecule has 0 aromatic carbocycles. The molecule has 13 heavy (non-hydrogen) atoms.